The van der Waals surface area contributed by atoms with Crippen molar-refractivity contribution in [3.05, 3.63) is 94.9 Å². The Morgan fingerprint density at radius 1 is 0.881 bits per heavy atom. The van der Waals surface area contributed by atoms with Crippen molar-refractivity contribution in [2.24, 2.45) is 0 Å². The van der Waals surface area contributed by atoms with Crippen LogP contribution in [0.5, 0.6) is 5.75 Å². The van der Waals surface area contributed by atoms with Gasteiger partial charge in [-0.3, -0.25) is 4.79 Å². The Bertz CT molecular complexity index is 1590. The van der Waals surface area contributed by atoms with E-state index in [1.54, 1.807) is 36.7 Å². The zero-order valence-corrected chi connectivity index (χ0v) is 22.2. The number of ether oxygens (including phenoxy) is 1. The zero-order chi connectivity index (χ0) is 30.8. The first-order valence-corrected chi connectivity index (χ1v) is 12.6. The van der Waals surface area contributed by atoms with E-state index in [4.69, 9.17) is 4.74 Å². The van der Waals surface area contributed by atoms with Crippen LogP contribution in [0.25, 0.3) is 10.9 Å². The molecule has 1 N–H and O–H groups in total. The second-order valence-corrected chi connectivity index (χ2v) is 9.23. The lowest BCUT2D eigenvalue weighted by molar-refractivity contribution is -0.143. The van der Waals surface area contributed by atoms with E-state index >= 15 is 0 Å². The lowest BCUT2D eigenvalue weighted by atomic mass is 10.0. The van der Waals surface area contributed by atoms with E-state index in [-0.39, 0.29) is 42.5 Å². The molecule has 13 heteroatoms. The average molecular weight is 596 g/mol. The molecule has 0 aliphatic rings. The molecule has 0 aliphatic carbocycles. The number of nitrogens with one attached hydrogen (secondary N) is 1. The highest BCUT2D eigenvalue weighted by molar-refractivity contribution is 6.11. The van der Waals surface area contributed by atoms with Gasteiger partial charge in [-0.15, -0.1) is 0 Å². The summed E-state index contributed by atoms with van der Waals surface area (Å²) >= 11 is 0. The highest BCUT2D eigenvalue weighted by Crippen LogP contribution is 2.38. The number of nitrogens with zero attached hydrogens (tertiary/aromatic N) is 2. The van der Waals surface area contributed by atoms with Gasteiger partial charge in [0.05, 0.1) is 22.3 Å². The van der Waals surface area contributed by atoms with E-state index in [2.05, 4.69) is 5.32 Å². The number of anilines is 1. The van der Waals surface area contributed by atoms with E-state index in [0.29, 0.717) is 23.2 Å². The fourth-order valence-electron chi connectivity index (χ4n) is 4.35. The molecule has 6 nitrogen and oxygen atoms in total. The maximum atomic E-state index is 13.7. The fourth-order valence-corrected chi connectivity index (χ4v) is 4.35. The number of fused-ring (bicyclic) bond motifs is 1. The third-order valence-corrected chi connectivity index (χ3v) is 6.46. The van der Waals surface area contributed by atoms with Crippen LogP contribution in [-0.2, 0) is 18.9 Å². The van der Waals surface area contributed by atoms with Crippen molar-refractivity contribution in [3.8, 4) is 5.75 Å². The van der Waals surface area contributed by atoms with Crippen molar-refractivity contribution in [1.82, 2.24) is 9.47 Å². The van der Waals surface area contributed by atoms with Gasteiger partial charge in [-0.1, -0.05) is 12.1 Å². The molecule has 0 fully saturated rings. The van der Waals surface area contributed by atoms with Gasteiger partial charge in [0.2, 0.25) is 0 Å². The lowest BCUT2D eigenvalue weighted by Crippen LogP contribution is -2.33. The zero-order valence-electron chi connectivity index (χ0n) is 22.2. The van der Waals surface area contributed by atoms with Crippen LogP contribution in [0.15, 0.2) is 66.9 Å². The molecule has 3 aromatic carbocycles. The second kappa shape index (κ2) is 11.7. The summed E-state index contributed by atoms with van der Waals surface area (Å²) in [5, 5.41) is 2.62. The van der Waals surface area contributed by atoms with Crippen LogP contribution in [0.4, 0.5) is 41.2 Å². The summed E-state index contributed by atoms with van der Waals surface area (Å²) in [5.74, 6) is -1.93. The van der Waals surface area contributed by atoms with E-state index in [1.807, 2.05) is 0 Å². The molecule has 0 atom stereocenters. The minimum atomic E-state index is -5.16. The summed E-state index contributed by atoms with van der Waals surface area (Å²) in [6.45, 7) is 4.17. The molecule has 0 saturated carbocycles. The minimum absolute atomic E-state index is 0.0820. The summed E-state index contributed by atoms with van der Waals surface area (Å²) in [4.78, 5) is 27.2. The van der Waals surface area contributed by atoms with Crippen molar-refractivity contribution in [2.45, 2.75) is 32.7 Å². The number of carbonyl (C=O) groups is 2. The average Bonchev–Trinajstić information content (AvgIpc) is 3.32. The summed E-state index contributed by atoms with van der Waals surface area (Å²) in [5.41, 5.74) is -3.32. The number of hydrogen-bond acceptors (Lipinski definition) is 3. The summed E-state index contributed by atoms with van der Waals surface area (Å²) in [6.07, 6.45) is -9.51. The molecular formula is C29H24F7N3O3. The Hall–Kier alpha value is -4.55. The van der Waals surface area contributed by atoms with Gasteiger partial charge in [0.15, 0.2) is 5.75 Å². The van der Waals surface area contributed by atoms with Crippen LogP contribution in [0.1, 0.15) is 40.9 Å². The minimum Gasteiger partial charge on any atom is -0.408 e. The van der Waals surface area contributed by atoms with Crippen LogP contribution < -0.4 is 10.1 Å². The Balaban J connectivity index is 1.80. The molecular weight excluding hydrogens is 571 g/mol. The lowest BCUT2D eigenvalue weighted by Gasteiger charge is -2.20. The molecule has 2 amide bonds. The highest BCUT2D eigenvalue weighted by atomic mass is 19.4. The number of hydrogen-bond donors (Lipinski definition) is 1. The van der Waals surface area contributed by atoms with Crippen LogP contribution in [0.2, 0.25) is 0 Å². The molecule has 1 aromatic heterocycles. The standard InChI is InChI=1S/C29H24F7N3O3/c1-3-38(4-2)27(41)42-24-9-8-23-22(10-11-39(23)16-17-6-5-7-21(30)12-17)25(24)37-26(40)18-13-19(28(31,32)33)15-20(14-18)29(34,35)36/h5-15H,3-4,16H2,1-2H3,(H,37,40). The van der Waals surface area contributed by atoms with E-state index in [9.17, 15) is 40.3 Å². The summed E-state index contributed by atoms with van der Waals surface area (Å²) in [7, 11) is 0. The smallest absolute Gasteiger partial charge is 0.408 e. The van der Waals surface area contributed by atoms with Crippen molar-refractivity contribution in [1.29, 1.82) is 0 Å². The van der Waals surface area contributed by atoms with E-state index < -0.39 is 46.9 Å². The Labute approximate surface area is 235 Å². The van der Waals surface area contributed by atoms with Crippen molar-refractivity contribution < 1.29 is 45.1 Å². The van der Waals surface area contributed by atoms with Crippen LogP contribution in [0.3, 0.4) is 0 Å². The number of halogens is 7. The fraction of sp³-hybridized carbons (Fsp3) is 0.241. The number of amides is 2. The van der Waals surface area contributed by atoms with Crippen LogP contribution in [0, 0.1) is 5.82 Å². The number of rotatable bonds is 7. The third kappa shape index (κ3) is 6.67. The van der Waals surface area contributed by atoms with E-state index in [0.717, 1.165) is 0 Å². The largest absolute Gasteiger partial charge is 0.416 e. The van der Waals surface area contributed by atoms with Gasteiger partial charge in [-0.05, 0) is 67.9 Å². The van der Waals surface area contributed by atoms with Gasteiger partial charge in [-0.25, -0.2) is 9.18 Å². The third-order valence-electron chi connectivity index (χ3n) is 6.46. The van der Waals surface area contributed by atoms with Gasteiger partial charge in [-0.2, -0.15) is 26.3 Å². The topological polar surface area (TPSA) is 63.6 Å². The number of aromatic nitrogens is 1. The van der Waals surface area contributed by atoms with Crippen molar-refractivity contribution in [2.75, 3.05) is 18.4 Å². The molecule has 0 spiro atoms. The van der Waals surface area contributed by atoms with Gasteiger partial charge < -0.3 is 19.5 Å². The molecule has 1 heterocycles. The van der Waals surface area contributed by atoms with Crippen LogP contribution in [-0.4, -0.2) is 34.6 Å². The molecule has 0 unspecified atom stereocenters. The molecule has 42 heavy (non-hydrogen) atoms. The monoisotopic (exact) mass is 595 g/mol. The first-order chi connectivity index (χ1) is 19.7. The van der Waals surface area contributed by atoms with Crippen LogP contribution >= 0.6 is 0 Å². The van der Waals surface area contributed by atoms with Gasteiger partial charge in [0.1, 0.15) is 5.82 Å². The summed E-state index contributed by atoms with van der Waals surface area (Å²) < 4.78 is 101. The van der Waals surface area contributed by atoms with Gasteiger partial charge in [0, 0.05) is 36.8 Å². The molecule has 222 valence electrons. The Morgan fingerprint density at radius 3 is 2.10 bits per heavy atom. The molecule has 0 saturated heterocycles. The number of carbonyl (C=O) groups excluding carboxylic acids is 2. The maximum absolute atomic E-state index is 13.7. The first kappa shape index (κ1) is 30.4. The molecule has 0 bridgehead atoms. The predicted molar refractivity (Wildman–Crippen MR) is 141 cm³/mol. The van der Waals surface area contributed by atoms with E-state index in [1.165, 1.54) is 35.2 Å². The second-order valence-electron chi connectivity index (χ2n) is 9.23. The molecule has 4 aromatic rings. The quantitative estimate of drug-likeness (QED) is 0.221. The number of benzene rings is 3. The maximum Gasteiger partial charge on any atom is 0.416 e. The highest BCUT2D eigenvalue weighted by Gasteiger charge is 2.37. The first-order valence-electron chi connectivity index (χ1n) is 12.6. The SMILES string of the molecule is CCN(CC)C(=O)Oc1ccc2c(ccn2Cc2cccc(F)c2)c1NC(=O)c1cc(C(F)(F)F)cc(C(F)(F)F)c1. The summed E-state index contributed by atoms with van der Waals surface area (Å²) in [6, 6.07) is 10.8. The van der Waals surface area contributed by atoms with Gasteiger partial charge in [0.25, 0.3) is 5.91 Å². The molecule has 0 aliphatic heterocycles. The molecule has 0 radical (unpaired) electrons. The Morgan fingerprint density at radius 2 is 1.52 bits per heavy atom. The Kier molecular flexibility index (Phi) is 8.50. The van der Waals surface area contributed by atoms with Crippen molar-refractivity contribution >= 4 is 28.6 Å². The van der Waals surface area contributed by atoms with Crippen molar-refractivity contribution in [3.63, 3.8) is 0 Å². The normalized spacial score (nSPS) is 11.9. The molecule has 4 rings (SSSR count). The predicted octanol–water partition coefficient (Wildman–Crippen LogP) is 7.96. The number of alkyl halides is 6. The van der Waals surface area contributed by atoms with Gasteiger partial charge >= 0.3 is 18.4 Å².